The minimum absolute atomic E-state index is 0.0377. The van der Waals surface area contributed by atoms with Crippen molar-refractivity contribution in [3.05, 3.63) is 47.8 Å². The zero-order valence-corrected chi connectivity index (χ0v) is 21.9. The molecule has 2 aromatic carbocycles. The third-order valence-corrected chi connectivity index (χ3v) is 7.11. The van der Waals surface area contributed by atoms with Gasteiger partial charge in [0.1, 0.15) is 18.2 Å². The summed E-state index contributed by atoms with van der Waals surface area (Å²) in [6.07, 6.45) is 0. The maximum absolute atomic E-state index is 13.3. The molecule has 12 heteroatoms. The molecular formula is C25H27BClF2N3O5. The first-order valence-electron chi connectivity index (χ1n) is 11.9. The van der Waals surface area contributed by atoms with Crippen molar-refractivity contribution in [2.24, 2.45) is 0 Å². The number of alkyl halides is 3. The second kappa shape index (κ2) is 8.94. The third kappa shape index (κ3) is 4.93. The molecule has 2 aliphatic heterocycles. The van der Waals surface area contributed by atoms with Crippen LogP contribution in [0.4, 0.5) is 14.5 Å². The van der Waals surface area contributed by atoms with Crippen LogP contribution < -0.4 is 15.5 Å². The molecule has 37 heavy (non-hydrogen) atoms. The number of halogens is 3. The van der Waals surface area contributed by atoms with Crippen LogP contribution in [-0.2, 0) is 20.7 Å². The number of carbonyl (C=O) groups is 1. The maximum Gasteiger partial charge on any atom is 0.497 e. The predicted molar refractivity (Wildman–Crippen MR) is 136 cm³/mol. The second-order valence-corrected chi connectivity index (χ2v) is 10.7. The number of hydrogen-bond acceptors (Lipinski definition) is 6. The second-order valence-electron chi connectivity index (χ2n) is 10.3. The van der Waals surface area contributed by atoms with Crippen LogP contribution in [-0.4, -0.2) is 46.0 Å². The van der Waals surface area contributed by atoms with Crippen LogP contribution in [0.1, 0.15) is 56.8 Å². The van der Waals surface area contributed by atoms with Crippen molar-refractivity contribution in [3.8, 4) is 5.75 Å². The molecule has 8 nitrogen and oxygen atoms in total. The maximum atomic E-state index is 13.3. The summed E-state index contributed by atoms with van der Waals surface area (Å²) in [5.74, 6) is 0.212. The predicted octanol–water partition coefficient (Wildman–Crippen LogP) is 4.85. The van der Waals surface area contributed by atoms with E-state index in [1.54, 1.807) is 12.1 Å². The lowest BCUT2D eigenvalue weighted by Gasteiger charge is -2.32. The Balaban J connectivity index is 1.52. The number of anilines is 1. The summed E-state index contributed by atoms with van der Waals surface area (Å²) in [5, 5.41) is 2.78. The number of rotatable bonds is 5. The molecule has 0 bridgehead atoms. The average Bonchev–Trinajstić information content (AvgIpc) is 3.27. The van der Waals surface area contributed by atoms with E-state index >= 15 is 0 Å². The third-order valence-electron chi connectivity index (χ3n) is 7.03. The summed E-state index contributed by atoms with van der Waals surface area (Å²) in [4.78, 5) is 18.0. The van der Waals surface area contributed by atoms with Crippen molar-refractivity contribution in [2.75, 3.05) is 11.9 Å². The molecule has 5 rings (SSSR count). The summed E-state index contributed by atoms with van der Waals surface area (Å²) in [6, 6.07) is 8.96. The number of nitrogens with one attached hydrogen (secondary N) is 1. The van der Waals surface area contributed by atoms with E-state index in [1.165, 1.54) is 24.3 Å². The lowest BCUT2D eigenvalue weighted by molar-refractivity contribution is -0.0964. The van der Waals surface area contributed by atoms with Crippen molar-refractivity contribution < 1.29 is 32.4 Å². The van der Waals surface area contributed by atoms with E-state index in [0.29, 0.717) is 35.4 Å². The molecule has 0 spiro atoms. The van der Waals surface area contributed by atoms with Gasteiger partial charge in [-0.2, -0.15) is 0 Å². The molecule has 0 saturated carbocycles. The largest absolute Gasteiger partial charge is 0.497 e. The van der Waals surface area contributed by atoms with Gasteiger partial charge in [0, 0.05) is 28.3 Å². The highest BCUT2D eigenvalue weighted by Crippen LogP contribution is 2.38. The standard InChI is InChI=1S/C25H27BClF2N3O5/c1-14-12-34-13-20-31-19-11-15(22(33)30-16-6-8-17(9-7-16)35-25(27,28)29)10-18(21(19)32(14)20)26-36-23(2,3)24(4,5)37-26/h6-11,14H,12-13H2,1-5H3,(H,30,33)/t14-/m1/s1. The van der Waals surface area contributed by atoms with E-state index in [0.717, 1.165) is 11.3 Å². The topological polar surface area (TPSA) is 83.8 Å². The van der Waals surface area contributed by atoms with Gasteiger partial charge in [0.2, 0.25) is 0 Å². The number of benzene rings is 2. The number of imidazole rings is 1. The van der Waals surface area contributed by atoms with Gasteiger partial charge in [0.05, 0.1) is 34.9 Å². The monoisotopic (exact) mass is 533 g/mol. The Morgan fingerprint density at radius 1 is 1.19 bits per heavy atom. The van der Waals surface area contributed by atoms with Gasteiger partial charge >= 0.3 is 12.7 Å². The molecule has 1 amide bonds. The number of carbonyl (C=O) groups excluding carboxylic acids is 1. The molecule has 1 atom stereocenters. The molecule has 0 unspecified atom stereocenters. The molecule has 1 aromatic heterocycles. The van der Waals surface area contributed by atoms with Crippen LogP contribution >= 0.6 is 11.6 Å². The van der Waals surface area contributed by atoms with Crippen molar-refractivity contribution >= 4 is 46.8 Å². The Morgan fingerprint density at radius 2 is 1.84 bits per heavy atom. The van der Waals surface area contributed by atoms with Crippen molar-refractivity contribution in [1.29, 1.82) is 0 Å². The Hall–Kier alpha value is -2.73. The van der Waals surface area contributed by atoms with Gasteiger partial charge in [-0.05, 0) is 71.0 Å². The SMILES string of the molecule is C[C@@H]1COCc2nc3cc(C(=O)Nc4ccc(OC(F)(F)Cl)cc4)cc(B4OC(C)(C)C(C)(C)O4)c3n21. The Kier molecular flexibility index (Phi) is 6.26. The summed E-state index contributed by atoms with van der Waals surface area (Å²) >= 11 is 4.81. The van der Waals surface area contributed by atoms with E-state index < -0.39 is 29.8 Å². The van der Waals surface area contributed by atoms with E-state index in [2.05, 4.69) is 14.6 Å². The fraction of sp³-hybridized carbons (Fsp3) is 0.440. The zero-order chi connectivity index (χ0) is 26.8. The molecule has 196 valence electrons. The number of aromatic nitrogens is 2. The highest BCUT2D eigenvalue weighted by Gasteiger charge is 2.52. The molecule has 1 fully saturated rings. The number of nitrogens with zero attached hydrogens (tertiary/aromatic N) is 2. The number of amides is 1. The van der Waals surface area contributed by atoms with Crippen LogP contribution in [0.2, 0.25) is 0 Å². The summed E-state index contributed by atoms with van der Waals surface area (Å²) < 4.78 is 50.6. The van der Waals surface area contributed by atoms with Gasteiger partial charge in [0.25, 0.3) is 5.91 Å². The average molecular weight is 534 g/mol. The molecule has 0 aliphatic carbocycles. The van der Waals surface area contributed by atoms with Crippen molar-refractivity contribution in [1.82, 2.24) is 9.55 Å². The highest BCUT2D eigenvalue weighted by molar-refractivity contribution is 6.65. The molecule has 2 aliphatic rings. The van der Waals surface area contributed by atoms with E-state index in [-0.39, 0.29) is 11.8 Å². The first kappa shape index (κ1) is 25.9. The smallest absolute Gasteiger partial charge is 0.420 e. The lowest BCUT2D eigenvalue weighted by Crippen LogP contribution is -2.41. The summed E-state index contributed by atoms with van der Waals surface area (Å²) in [5.41, 5.74) is -2.09. The summed E-state index contributed by atoms with van der Waals surface area (Å²) in [6.45, 7) is 10.8. The van der Waals surface area contributed by atoms with Gasteiger partial charge in [-0.1, -0.05) is 0 Å². The first-order chi connectivity index (χ1) is 17.2. The summed E-state index contributed by atoms with van der Waals surface area (Å²) in [7, 11) is -0.718. The molecule has 1 N–H and O–H groups in total. The van der Waals surface area contributed by atoms with E-state index in [9.17, 15) is 13.6 Å². The van der Waals surface area contributed by atoms with Crippen molar-refractivity contribution in [2.45, 2.75) is 64.0 Å². The number of fused-ring (bicyclic) bond motifs is 3. The normalized spacial score (nSPS) is 20.6. The molecule has 3 aromatic rings. The van der Waals surface area contributed by atoms with Gasteiger partial charge in [-0.3, -0.25) is 4.79 Å². The van der Waals surface area contributed by atoms with Crippen LogP contribution in [0.5, 0.6) is 5.75 Å². The fourth-order valence-corrected chi connectivity index (χ4v) is 4.60. The molecule has 1 saturated heterocycles. The van der Waals surface area contributed by atoms with Gasteiger partial charge in [0.15, 0.2) is 0 Å². The van der Waals surface area contributed by atoms with E-state index in [4.69, 9.17) is 30.6 Å². The Bertz CT molecular complexity index is 1340. The Labute approximate surface area is 218 Å². The van der Waals surface area contributed by atoms with Crippen molar-refractivity contribution in [3.63, 3.8) is 0 Å². The molecule has 0 radical (unpaired) electrons. The fourth-order valence-electron chi connectivity index (χ4n) is 4.51. The molecule has 3 heterocycles. The van der Waals surface area contributed by atoms with E-state index in [1.807, 2.05) is 34.6 Å². The minimum atomic E-state index is -3.82. The first-order valence-corrected chi connectivity index (χ1v) is 12.3. The van der Waals surface area contributed by atoms with Crippen LogP contribution in [0.3, 0.4) is 0 Å². The van der Waals surface area contributed by atoms with Crippen LogP contribution in [0, 0.1) is 0 Å². The number of hydrogen-bond donors (Lipinski definition) is 1. The zero-order valence-electron chi connectivity index (χ0n) is 21.1. The van der Waals surface area contributed by atoms with Gasteiger partial charge < -0.3 is 28.7 Å². The minimum Gasteiger partial charge on any atom is -0.420 e. The highest BCUT2D eigenvalue weighted by atomic mass is 35.5. The Morgan fingerprint density at radius 3 is 2.46 bits per heavy atom. The van der Waals surface area contributed by atoms with Gasteiger partial charge in [-0.15, -0.1) is 8.78 Å². The molecular weight excluding hydrogens is 507 g/mol. The quantitative estimate of drug-likeness (QED) is 0.373. The van der Waals surface area contributed by atoms with Crippen LogP contribution in [0.25, 0.3) is 11.0 Å². The number of ether oxygens (including phenoxy) is 2. The van der Waals surface area contributed by atoms with Gasteiger partial charge in [-0.25, -0.2) is 4.98 Å². The lowest BCUT2D eigenvalue weighted by atomic mass is 9.77. The van der Waals surface area contributed by atoms with Crippen LogP contribution in [0.15, 0.2) is 36.4 Å².